The van der Waals surface area contributed by atoms with Crippen molar-refractivity contribution in [1.82, 2.24) is 10.3 Å². The largest absolute Gasteiger partial charge is 0.390 e. The fraction of sp³-hybridized carbons (Fsp3) is 0.407. The Hall–Kier alpha value is -3.52. The number of nitrogens with one attached hydrogen (secondary N) is 3. The van der Waals surface area contributed by atoms with Crippen LogP contribution in [0, 0.1) is 17.2 Å². The zero-order valence-electron chi connectivity index (χ0n) is 20.4. The fourth-order valence-corrected chi connectivity index (χ4v) is 4.48. The molecule has 0 bridgehead atoms. The van der Waals surface area contributed by atoms with Gasteiger partial charge in [0.15, 0.2) is 0 Å². The van der Waals surface area contributed by atoms with E-state index >= 15 is 0 Å². The maximum Gasteiger partial charge on any atom is 0.247 e. The Labute approximate surface area is 206 Å². The predicted molar refractivity (Wildman–Crippen MR) is 139 cm³/mol. The summed E-state index contributed by atoms with van der Waals surface area (Å²) in [7, 11) is 0. The van der Waals surface area contributed by atoms with Crippen molar-refractivity contribution in [3.8, 4) is 0 Å². The van der Waals surface area contributed by atoms with Crippen LogP contribution in [0.15, 0.2) is 48.8 Å². The molecule has 35 heavy (non-hydrogen) atoms. The molecule has 1 aliphatic carbocycles. The summed E-state index contributed by atoms with van der Waals surface area (Å²) in [6.45, 7) is 5.64. The fourth-order valence-electron chi connectivity index (χ4n) is 4.48. The molecule has 0 spiro atoms. The molecule has 2 aliphatic rings. The predicted octanol–water partition coefficient (Wildman–Crippen LogP) is 3.34. The Morgan fingerprint density at radius 3 is 2.83 bits per heavy atom. The second kappa shape index (κ2) is 10.4. The average molecular weight is 475 g/mol. The number of anilines is 2. The van der Waals surface area contributed by atoms with Gasteiger partial charge in [0.25, 0.3) is 0 Å². The van der Waals surface area contributed by atoms with Crippen LogP contribution in [0.1, 0.15) is 44.2 Å². The van der Waals surface area contributed by atoms with E-state index in [0.717, 1.165) is 36.1 Å². The van der Waals surface area contributed by atoms with E-state index in [1.54, 1.807) is 23.2 Å². The van der Waals surface area contributed by atoms with Gasteiger partial charge in [0.2, 0.25) is 11.8 Å². The zero-order valence-corrected chi connectivity index (χ0v) is 20.4. The Morgan fingerprint density at radius 2 is 2.11 bits per heavy atom. The molecule has 1 saturated heterocycles. The van der Waals surface area contributed by atoms with Gasteiger partial charge in [-0.1, -0.05) is 38.1 Å². The van der Waals surface area contributed by atoms with Gasteiger partial charge in [0, 0.05) is 49.0 Å². The summed E-state index contributed by atoms with van der Waals surface area (Å²) in [4.78, 5) is 31.7. The average Bonchev–Trinajstić information content (AvgIpc) is 3.64. The maximum atomic E-state index is 13.0. The summed E-state index contributed by atoms with van der Waals surface area (Å²) in [5.41, 5.74) is 8.82. The van der Waals surface area contributed by atoms with Crippen LogP contribution in [0.2, 0.25) is 0 Å². The third-order valence-electron chi connectivity index (χ3n) is 6.59. The number of amides is 2. The van der Waals surface area contributed by atoms with E-state index in [1.165, 1.54) is 6.21 Å². The van der Waals surface area contributed by atoms with E-state index in [9.17, 15) is 9.59 Å². The molecule has 8 heteroatoms. The molecule has 5 N–H and O–H groups in total. The summed E-state index contributed by atoms with van der Waals surface area (Å²) >= 11 is 0. The smallest absolute Gasteiger partial charge is 0.247 e. The van der Waals surface area contributed by atoms with Gasteiger partial charge in [0.1, 0.15) is 11.4 Å². The van der Waals surface area contributed by atoms with Gasteiger partial charge < -0.3 is 26.7 Å². The third-order valence-corrected chi connectivity index (χ3v) is 6.59. The van der Waals surface area contributed by atoms with E-state index in [-0.39, 0.29) is 24.2 Å². The number of nitrogens with zero attached hydrogens (tertiary/aromatic N) is 2. The first-order valence-corrected chi connectivity index (χ1v) is 12.2. The van der Waals surface area contributed by atoms with Crippen LogP contribution < -0.4 is 21.3 Å². The first-order valence-electron chi connectivity index (χ1n) is 12.2. The highest BCUT2D eigenvalue weighted by atomic mass is 16.2. The van der Waals surface area contributed by atoms with Crippen molar-refractivity contribution >= 4 is 35.1 Å². The lowest BCUT2D eigenvalue weighted by Crippen LogP contribution is -2.50. The molecule has 184 valence electrons. The molecule has 2 heterocycles. The molecule has 1 atom stereocenters. The van der Waals surface area contributed by atoms with Gasteiger partial charge >= 0.3 is 0 Å². The first kappa shape index (κ1) is 24.6. The second-order valence-electron chi connectivity index (χ2n) is 9.89. The van der Waals surface area contributed by atoms with Gasteiger partial charge in [-0.25, -0.2) is 4.98 Å². The molecule has 8 nitrogen and oxygen atoms in total. The van der Waals surface area contributed by atoms with Crippen molar-refractivity contribution < 1.29 is 9.59 Å². The number of benzene rings is 1. The van der Waals surface area contributed by atoms with Crippen molar-refractivity contribution in [2.24, 2.45) is 17.6 Å². The Bertz CT molecular complexity index is 1140. The second-order valence-corrected chi connectivity index (χ2v) is 9.89. The first-order chi connectivity index (χ1) is 16.8. The van der Waals surface area contributed by atoms with Crippen LogP contribution in [0.25, 0.3) is 5.57 Å². The van der Waals surface area contributed by atoms with Crippen LogP contribution in [0.3, 0.4) is 0 Å². The number of pyridine rings is 1. The van der Waals surface area contributed by atoms with Crippen molar-refractivity contribution in [3.63, 3.8) is 0 Å². The van der Waals surface area contributed by atoms with Gasteiger partial charge in [0.05, 0.1) is 6.42 Å². The van der Waals surface area contributed by atoms with E-state index in [0.29, 0.717) is 30.4 Å². The third kappa shape index (κ3) is 5.77. The number of allylic oxidation sites excluding steroid dienone is 1. The van der Waals surface area contributed by atoms with Crippen molar-refractivity contribution in [3.05, 3.63) is 59.9 Å². The van der Waals surface area contributed by atoms with E-state index in [1.807, 2.05) is 30.5 Å². The van der Waals surface area contributed by atoms with Crippen LogP contribution in [0.5, 0.6) is 0 Å². The summed E-state index contributed by atoms with van der Waals surface area (Å²) in [6.07, 6.45) is 7.58. The number of rotatable bonds is 10. The summed E-state index contributed by atoms with van der Waals surface area (Å²) in [5, 5.41) is 13.8. The highest BCUT2D eigenvalue weighted by molar-refractivity contribution is 6.08. The standard InChI is InChI=1S/C27H34N6O2/c1-18(2)16-30-17-21(15-28)20-5-3-4-19(12-20)13-25(34)32-24-14-23(8-10-31-24)33-11-9-27(29,26(33)35)22-6-7-22/h3-5,8,10,12,14-15,17-18,22,28,30H,6-7,9,11,13,16,29H2,1-2H3,(H,31,32,34)/b21-17+,28-15?/t27-/m1/s1. The zero-order chi connectivity index (χ0) is 25.0. The highest BCUT2D eigenvalue weighted by Gasteiger charge is 2.53. The summed E-state index contributed by atoms with van der Waals surface area (Å²) < 4.78 is 0. The Kier molecular flexibility index (Phi) is 7.31. The van der Waals surface area contributed by atoms with Gasteiger partial charge in [-0.3, -0.25) is 9.59 Å². The lowest BCUT2D eigenvalue weighted by Gasteiger charge is -2.23. The Balaban J connectivity index is 1.40. The lowest BCUT2D eigenvalue weighted by atomic mass is 9.93. The minimum atomic E-state index is -0.758. The number of carbonyl (C=O) groups excluding carboxylic acids is 2. The number of carbonyl (C=O) groups is 2. The molecule has 1 saturated carbocycles. The van der Waals surface area contributed by atoms with Gasteiger partial charge in [-0.05, 0) is 48.3 Å². The normalized spacial score (nSPS) is 20.3. The number of hydrogen-bond donors (Lipinski definition) is 4. The van der Waals surface area contributed by atoms with Gasteiger partial charge in [-0.15, -0.1) is 0 Å². The minimum absolute atomic E-state index is 0.0433. The number of hydrogen-bond acceptors (Lipinski definition) is 6. The molecule has 0 unspecified atom stereocenters. The van der Waals surface area contributed by atoms with Crippen molar-refractivity contribution in [2.75, 3.05) is 23.3 Å². The van der Waals surface area contributed by atoms with E-state index < -0.39 is 5.54 Å². The molecule has 0 radical (unpaired) electrons. The molecule has 1 aromatic carbocycles. The highest BCUT2D eigenvalue weighted by Crippen LogP contribution is 2.44. The monoisotopic (exact) mass is 474 g/mol. The van der Waals surface area contributed by atoms with E-state index in [2.05, 4.69) is 29.5 Å². The summed E-state index contributed by atoms with van der Waals surface area (Å²) in [5.74, 6) is 0.934. The van der Waals surface area contributed by atoms with Crippen LogP contribution in [0.4, 0.5) is 11.5 Å². The number of aromatic nitrogens is 1. The van der Waals surface area contributed by atoms with Crippen LogP contribution in [-0.4, -0.2) is 41.6 Å². The maximum absolute atomic E-state index is 13.0. The molecule has 1 aliphatic heterocycles. The molecular formula is C27H34N6O2. The molecule has 1 aromatic heterocycles. The minimum Gasteiger partial charge on any atom is -0.390 e. The molecular weight excluding hydrogens is 440 g/mol. The lowest BCUT2D eigenvalue weighted by molar-refractivity contribution is -0.122. The molecule has 2 fully saturated rings. The molecule has 2 aromatic rings. The molecule has 4 rings (SSSR count). The van der Waals surface area contributed by atoms with Crippen molar-refractivity contribution in [1.29, 1.82) is 5.41 Å². The van der Waals surface area contributed by atoms with E-state index in [4.69, 9.17) is 11.1 Å². The van der Waals surface area contributed by atoms with Crippen molar-refractivity contribution in [2.45, 2.75) is 45.1 Å². The SMILES string of the molecule is CC(C)CN/C=C(\C=N)c1cccc(CC(=O)Nc2cc(N3CC[C@@](N)(C4CC4)C3=O)ccn2)c1. The molecule has 2 amide bonds. The number of nitrogens with two attached hydrogens (primary N) is 1. The topological polar surface area (TPSA) is 124 Å². The van der Waals surface area contributed by atoms with Gasteiger partial charge in [-0.2, -0.15) is 0 Å². The van der Waals surface area contributed by atoms with Crippen LogP contribution >= 0.6 is 0 Å². The van der Waals surface area contributed by atoms with Crippen LogP contribution in [-0.2, 0) is 16.0 Å². The Morgan fingerprint density at radius 1 is 1.31 bits per heavy atom. The summed E-state index contributed by atoms with van der Waals surface area (Å²) in [6, 6.07) is 11.1. The quantitative estimate of drug-likeness (QED) is 0.393.